The molecule has 1 aromatic carbocycles. The predicted octanol–water partition coefficient (Wildman–Crippen LogP) is 1.71. The maximum atomic E-state index is 8.56. The van der Waals surface area contributed by atoms with Crippen LogP contribution in [0.5, 0.6) is 5.75 Å². The van der Waals surface area contributed by atoms with E-state index in [4.69, 9.17) is 14.4 Å². The lowest BCUT2D eigenvalue weighted by Crippen LogP contribution is -1.83. The van der Waals surface area contributed by atoms with Crippen molar-refractivity contribution < 1.29 is 9.15 Å². The van der Waals surface area contributed by atoms with E-state index in [0.717, 1.165) is 0 Å². The van der Waals surface area contributed by atoms with E-state index in [1.807, 2.05) is 6.07 Å². The maximum absolute atomic E-state index is 8.56. The van der Waals surface area contributed by atoms with Gasteiger partial charge in [0.2, 0.25) is 0 Å². The van der Waals surface area contributed by atoms with Crippen LogP contribution < -0.4 is 4.74 Å². The zero-order chi connectivity index (χ0) is 9.26. The minimum atomic E-state index is 0.0551. The van der Waals surface area contributed by atoms with Crippen LogP contribution in [-0.4, -0.2) is 12.1 Å². The van der Waals surface area contributed by atoms with Crippen molar-refractivity contribution in [1.82, 2.24) is 4.98 Å². The molecule has 1 aromatic heterocycles. The van der Waals surface area contributed by atoms with E-state index in [1.54, 1.807) is 25.3 Å². The van der Waals surface area contributed by atoms with Gasteiger partial charge in [0.05, 0.1) is 7.11 Å². The lowest BCUT2D eigenvalue weighted by molar-refractivity contribution is 0.419. The molecule has 0 radical (unpaired) electrons. The number of para-hydroxylation sites is 1. The third kappa shape index (κ3) is 1.11. The topological polar surface area (TPSA) is 59.0 Å². The molecule has 0 unspecified atom stereocenters. The normalized spacial score (nSPS) is 9.85. The van der Waals surface area contributed by atoms with Gasteiger partial charge in [-0.15, -0.1) is 0 Å². The van der Waals surface area contributed by atoms with Crippen molar-refractivity contribution in [3.63, 3.8) is 0 Å². The molecule has 0 aliphatic carbocycles. The van der Waals surface area contributed by atoms with Gasteiger partial charge in [-0.25, -0.2) is 0 Å². The van der Waals surface area contributed by atoms with Crippen molar-refractivity contribution in [1.29, 1.82) is 5.26 Å². The second-order valence-electron chi connectivity index (χ2n) is 2.44. The highest BCUT2D eigenvalue weighted by molar-refractivity contribution is 5.79. The molecule has 0 aliphatic heterocycles. The fourth-order valence-corrected chi connectivity index (χ4v) is 1.14. The van der Waals surface area contributed by atoms with Gasteiger partial charge in [0.25, 0.3) is 0 Å². The van der Waals surface area contributed by atoms with E-state index < -0.39 is 0 Å². The molecule has 0 N–H and O–H groups in total. The Morgan fingerprint density at radius 3 is 3.08 bits per heavy atom. The molecule has 13 heavy (non-hydrogen) atoms. The minimum absolute atomic E-state index is 0.0551. The highest BCUT2D eigenvalue weighted by atomic mass is 16.5. The molecule has 0 fully saturated rings. The summed E-state index contributed by atoms with van der Waals surface area (Å²) in [5.41, 5.74) is 1.15. The van der Waals surface area contributed by atoms with Crippen LogP contribution in [0.15, 0.2) is 22.6 Å². The summed E-state index contributed by atoms with van der Waals surface area (Å²) in [5, 5.41) is 8.56. The standard InChI is InChI=1S/C9H6N2O2/c1-12-6-3-2-4-7-9(6)11-8(5-10)13-7/h2-4H,1H3. The number of methoxy groups -OCH3 is 1. The number of nitrogens with zero attached hydrogens (tertiary/aromatic N) is 2. The molecular formula is C9H6N2O2. The number of hydrogen-bond donors (Lipinski definition) is 0. The molecule has 1 heterocycles. The van der Waals surface area contributed by atoms with Crippen molar-refractivity contribution in [2.24, 2.45) is 0 Å². The summed E-state index contributed by atoms with van der Waals surface area (Å²) < 4.78 is 10.2. The van der Waals surface area contributed by atoms with Gasteiger partial charge in [0, 0.05) is 0 Å². The number of nitriles is 1. The van der Waals surface area contributed by atoms with Gasteiger partial charge in [0.15, 0.2) is 17.2 Å². The van der Waals surface area contributed by atoms with Gasteiger partial charge in [-0.05, 0) is 12.1 Å². The Morgan fingerprint density at radius 2 is 2.38 bits per heavy atom. The fourth-order valence-electron chi connectivity index (χ4n) is 1.14. The number of ether oxygens (including phenoxy) is 1. The smallest absolute Gasteiger partial charge is 0.301 e. The summed E-state index contributed by atoms with van der Waals surface area (Å²) in [7, 11) is 1.55. The number of aromatic nitrogens is 1. The molecule has 0 aliphatic rings. The molecule has 0 saturated carbocycles. The molecule has 0 saturated heterocycles. The third-order valence-electron chi connectivity index (χ3n) is 1.70. The van der Waals surface area contributed by atoms with E-state index in [0.29, 0.717) is 16.8 Å². The van der Waals surface area contributed by atoms with Crippen LogP contribution in [0.2, 0.25) is 0 Å². The van der Waals surface area contributed by atoms with Gasteiger partial charge < -0.3 is 9.15 Å². The van der Waals surface area contributed by atoms with Gasteiger partial charge in [-0.1, -0.05) is 6.07 Å². The summed E-state index contributed by atoms with van der Waals surface area (Å²) in [6, 6.07) is 7.13. The molecule has 2 aromatic rings. The number of oxazole rings is 1. The van der Waals surface area contributed by atoms with Crippen molar-refractivity contribution >= 4 is 11.1 Å². The minimum Gasteiger partial charge on any atom is -0.494 e. The molecule has 4 nitrogen and oxygen atoms in total. The summed E-state index contributed by atoms with van der Waals surface area (Å²) in [5.74, 6) is 0.669. The molecule has 0 amide bonds. The molecular weight excluding hydrogens is 168 g/mol. The largest absolute Gasteiger partial charge is 0.494 e. The van der Waals surface area contributed by atoms with Gasteiger partial charge in [-0.3, -0.25) is 0 Å². The van der Waals surface area contributed by atoms with Crippen LogP contribution in [0, 0.1) is 11.3 Å². The second-order valence-corrected chi connectivity index (χ2v) is 2.44. The Bertz CT molecular complexity index is 482. The molecule has 4 heteroatoms. The van der Waals surface area contributed by atoms with Crippen LogP contribution in [0.4, 0.5) is 0 Å². The number of hydrogen-bond acceptors (Lipinski definition) is 4. The Hall–Kier alpha value is -2.02. The summed E-state index contributed by atoms with van der Waals surface area (Å²) >= 11 is 0. The molecule has 0 bridgehead atoms. The number of benzene rings is 1. The quantitative estimate of drug-likeness (QED) is 0.660. The zero-order valence-corrected chi connectivity index (χ0v) is 6.94. The zero-order valence-electron chi connectivity index (χ0n) is 6.94. The lowest BCUT2D eigenvalue weighted by Gasteiger charge is -1.96. The number of fused-ring (bicyclic) bond motifs is 1. The third-order valence-corrected chi connectivity index (χ3v) is 1.70. The van der Waals surface area contributed by atoms with E-state index in [9.17, 15) is 0 Å². The average molecular weight is 174 g/mol. The molecule has 0 atom stereocenters. The molecule has 64 valence electrons. The second kappa shape index (κ2) is 2.79. The van der Waals surface area contributed by atoms with E-state index >= 15 is 0 Å². The van der Waals surface area contributed by atoms with Gasteiger partial charge >= 0.3 is 5.89 Å². The van der Waals surface area contributed by atoms with E-state index in [2.05, 4.69) is 4.98 Å². The first-order valence-electron chi connectivity index (χ1n) is 3.69. The van der Waals surface area contributed by atoms with Crippen LogP contribution in [0.3, 0.4) is 0 Å². The molecule has 0 spiro atoms. The summed E-state index contributed by atoms with van der Waals surface area (Å²) in [6.45, 7) is 0. The predicted molar refractivity (Wildman–Crippen MR) is 45.3 cm³/mol. The summed E-state index contributed by atoms with van der Waals surface area (Å²) in [6.07, 6.45) is 0. The Labute approximate surface area is 74.4 Å². The van der Waals surface area contributed by atoms with Gasteiger partial charge in [0.1, 0.15) is 5.75 Å². The average Bonchev–Trinajstić information content (AvgIpc) is 2.59. The van der Waals surface area contributed by atoms with Crippen molar-refractivity contribution in [3.05, 3.63) is 24.1 Å². The van der Waals surface area contributed by atoms with E-state index in [1.165, 1.54) is 0 Å². The summed E-state index contributed by atoms with van der Waals surface area (Å²) in [4.78, 5) is 3.95. The van der Waals surface area contributed by atoms with Crippen molar-refractivity contribution in [2.45, 2.75) is 0 Å². The number of rotatable bonds is 1. The SMILES string of the molecule is COc1cccc2oc(C#N)nc12. The van der Waals surface area contributed by atoms with Crippen LogP contribution in [0.1, 0.15) is 5.89 Å². The maximum Gasteiger partial charge on any atom is 0.301 e. The first kappa shape index (κ1) is 7.62. The fraction of sp³-hybridized carbons (Fsp3) is 0.111. The van der Waals surface area contributed by atoms with E-state index in [-0.39, 0.29) is 5.89 Å². The first-order chi connectivity index (χ1) is 6.35. The van der Waals surface area contributed by atoms with Crippen LogP contribution >= 0.6 is 0 Å². The van der Waals surface area contributed by atoms with Crippen molar-refractivity contribution in [3.8, 4) is 11.8 Å². The van der Waals surface area contributed by atoms with Crippen LogP contribution in [-0.2, 0) is 0 Å². The monoisotopic (exact) mass is 174 g/mol. The Kier molecular flexibility index (Phi) is 1.64. The highest BCUT2D eigenvalue weighted by Gasteiger charge is 2.08. The first-order valence-corrected chi connectivity index (χ1v) is 3.69. The van der Waals surface area contributed by atoms with Crippen molar-refractivity contribution in [2.75, 3.05) is 7.11 Å². The Morgan fingerprint density at radius 1 is 1.54 bits per heavy atom. The van der Waals surface area contributed by atoms with Gasteiger partial charge in [-0.2, -0.15) is 10.2 Å². The highest BCUT2D eigenvalue weighted by Crippen LogP contribution is 2.24. The molecule has 2 rings (SSSR count). The van der Waals surface area contributed by atoms with Crippen LogP contribution in [0.25, 0.3) is 11.1 Å². The Balaban J connectivity index is 2.76. The lowest BCUT2D eigenvalue weighted by atomic mass is 10.3.